The molecule has 4 aromatic rings. The third kappa shape index (κ3) is 5.18. The third-order valence-corrected chi connectivity index (χ3v) is 5.46. The smallest absolute Gasteiger partial charge is 0.255 e. The van der Waals surface area contributed by atoms with Crippen LogP contribution in [0.2, 0.25) is 0 Å². The fourth-order valence-corrected chi connectivity index (χ4v) is 3.76. The number of amides is 1. The molecule has 1 N–H and O–H groups in total. The Morgan fingerprint density at radius 1 is 0.793 bits per heavy atom. The van der Waals surface area contributed by atoms with Gasteiger partial charge < -0.3 is 10.1 Å². The van der Waals surface area contributed by atoms with Crippen LogP contribution in [0.4, 0.5) is 5.69 Å². The largest absolute Gasteiger partial charge is 0.493 e. The average Bonchev–Trinajstić information content (AvgIpc) is 2.78. The summed E-state index contributed by atoms with van der Waals surface area (Å²) in [5.41, 5.74) is 1.39. The van der Waals surface area contributed by atoms with Crippen molar-refractivity contribution >= 4 is 34.1 Å². The van der Waals surface area contributed by atoms with Gasteiger partial charge in [-0.2, -0.15) is 0 Å². The first-order valence-corrected chi connectivity index (χ1v) is 10.5. The number of ether oxygens (including phenoxy) is 1. The maximum atomic E-state index is 12.5. The number of hydrogen-bond donors (Lipinski definition) is 1. The van der Waals surface area contributed by atoms with Crippen LogP contribution in [0.5, 0.6) is 5.75 Å². The molecule has 29 heavy (non-hydrogen) atoms. The summed E-state index contributed by atoms with van der Waals surface area (Å²) in [5.74, 6) is 1.50. The second-order valence-electron chi connectivity index (χ2n) is 6.55. The lowest BCUT2D eigenvalue weighted by atomic mass is 10.1. The molecular weight excluding hydrogens is 378 g/mol. The molecule has 0 aliphatic rings. The SMILES string of the molecule is O=C(Nc1ccc2ccccc2c1)c1ccc(OCCSc2ccccc2)cc1. The lowest BCUT2D eigenvalue weighted by Gasteiger charge is -2.09. The molecule has 0 spiro atoms. The van der Waals surface area contributed by atoms with Gasteiger partial charge in [0.2, 0.25) is 0 Å². The van der Waals surface area contributed by atoms with E-state index in [1.165, 1.54) is 4.90 Å². The van der Waals surface area contributed by atoms with Gasteiger partial charge in [0.15, 0.2) is 0 Å². The molecule has 144 valence electrons. The van der Waals surface area contributed by atoms with Crippen LogP contribution in [-0.2, 0) is 0 Å². The Morgan fingerprint density at radius 2 is 1.52 bits per heavy atom. The highest BCUT2D eigenvalue weighted by molar-refractivity contribution is 7.99. The molecule has 0 aliphatic carbocycles. The molecule has 3 nitrogen and oxygen atoms in total. The van der Waals surface area contributed by atoms with Gasteiger partial charge in [-0.25, -0.2) is 0 Å². The molecule has 0 atom stereocenters. The van der Waals surface area contributed by atoms with Crippen molar-refractivity contribution in [2.45, 2.75) is 4.90 Å². The highest BCUT2D eigenvalue weighted by atomic mass is 32.2. The Balaban J connectivity index is 1.30. The lowest BCUT2D eigenvalue weighted by molar-refractivity contribution is 0.102. The third-order valence-electron chi connectivity index (χ3n) is 4.49. The molecule has 4 rings (SSSR count). The topological polar surface area (TPSA) is 38.3 Å². The van der Waals surface area contributed by atoms with Gasteiger partial charge in [0.1, 0.15) is 5.75 Å². The average molecular weight is 400 g/mol. The van der Waals surface area contributed by atoms with E-state index in [2.05, 4.69) is 23.5 Å². The molecule has 4 heteroatoms. The van der Waals surface area contributed by atoms with Gasteiger partial charge >= 0.3 is 0 Å². The maximum Gasteiger partial charge on any atom is 0.255 e. The highest BCUT2D eigenvalue weighted by Gasteiger charge is 2.07. The summed E-state index contributed by atoms with van der Waals surface area (Å²) in [5, 5.41) is 5.21. The van der Waals surface area contributed by atoms with Gasteiger partial charge in [0, 0.05) is 21.9 Å². The van der Waals surface area contributed by atoms with Crippen LogP contribution < -0.4 is 10.1 Å². The van der Waals surface area contributed by atoms with Crippen LogP contribution in [-0.4, -0.2) is 18.3 Å². The molecule has 0 unspecified atom stereocenters. The Morgan fingerprint density at radius 3 is 2.31 bits per heavy atom. The fraction of sp³-hybridized carbons (Fsp3) is 0.0800. The van der Waals surface area contributed by atoms with Crippen molar-refractivity contribution in [3.8, 4) is 5.75 Å². The normalized spacial score (nSPS) is 10.6. The Bertz CT molecular complexity index is 1090. The Labute approximate surface area is 174 Å². The van der Waals surface area contributed by atoms with Gasteiger partial charge in [-0.1, -0.05) is 48.5 Å². The number of anilines is 1. The summed E-state index contributed by atoms with van der Waals surface area (Å²) in [6.45, 7) is 0.613. The van der Waals surface area contributed by atoms with Crippen LogP contribution in [0.3, 0.4) is 0 Å². The molecule has 0 aliphatic heterocycles. The van der Waals surface area contributed by atoms with Crippen LogP contribution in [0, 0.1) is 0 Å². The van der Waals surface area contributed by atoms with Crippen molar-refractivity contribution < 1.29 is 9.53 Å². The van der Waals surface area contributed by atoms with E-state index in [0.29, 0.717) is 12.2 Å². The second kappa shape index (κ2) is 9.30. The summed E-state index contributed by atoms with van der Waals surface area (Å²) >= 11 is 1.76. The lowest BCUT2D eigenvalue weighted by Crippen LogP contribution is -2.11. The minimum Gasteiger partial charge on any atom is -0.493 e. The highest BCUT2D eigenvalue weighted by Crippen LogP contribution is 2.21. The van der Waals surface area contributed by atoms with Crippen molar-refractivity contribution in [3.05, 3.63) is 103 Å². The first kappa shape index (κ1) is 19.1. The monoisotopic (exact) mass is 399 g/mol. The number of carbonyl (C=O) groups is 1. The molecular formula is C25H21NO2S. The van der Waals surface area contributed by atoms with Gasteiger partial charge in [0.25, 0.3) is 5.91 Å². The van der Waals surface area contributed by atoms with E-state index >= 15 is 0 Å². The summed E-state index contributed by atoms with van der Waals surface area (Å²) < 4.78 is 5.78. The number of rotatable bonds is 7. The van der Waals surface area contributed by atoms with Gasteiger partial charge in [0.05, 0.1) is 6.61 Å². The molecule has 1 amide bonds. The minimum absolute atomic E-state index is 0.133. The van der Waals surface area contributed by atoms with Crippen molar-refractivity contribution in [1.29, 1.82) is 0 Å². The van der Waals surface area contributed by atoms with Crippen molar-refractivity contribution in [1.82, 2.24) is 0 Å². The summed E-state index contributed by atoms with van der Waals surface area (Å²) in [6, 6.07) is 31.5. The summed E-state index contributed by atoms with van der Waals surface area (Å²) in [7, 11) is 0. The number of hydrogen-bond acceptors (Lipinski definition) is 3. The van der Waals surface area contributed by atoms with Crippen LogP contribution in [0.15, 0.2) is 102 Å². The zero-order valence-electron chi connectivity index (χ0n) is 15.9. The van der Waals surface area contributed by atoms with Crippen molar-refractivity contribution in [3.63, 3.8) is 0 Å². The van der Waals surface area contributed by atoms with Gasteiger partial charge in [-0.15, -0.1) is 11.8 Å². The first-order chi connectivity index (χ1) is 14.3. The van der Waals surface area contributed by atoms with E-state index in [1.54, 1.807) is 23.9 Å². The Hall–Kier alpha value is -3.24. The number of benzene rings is 4. The Kier molecular flexibility index (Phi) is 6.13. The van der Waals surface area contributed by atoms with E-state index in [0.717, 1.165) is 28.0 Å². The van der Waals surface area contributed by atoms with E-state index in [9.17, 15) is 4.79 Å². The fourth-order valence-electron chi connectivity index (χ4n) is 3.01. The van der Waals surface area contributed by atoms with E-state index in [4.69, 9.17) is 4.74 Å². The molecule has 0 bridgehead atoms. The van der Waals surface area contributed by atoms with Gasteiger partial charge in [-0.05, 0) is 59.3 Å². The second-order valence-corrected chi connectivity index (χ2v) is 7.72. The molecule has 0 radical (unpaired) electrons. The minimum atomic E-state index is -0.133. The van der Waals surface area contributed by atoms with Crippen LogP contribution in [0.1, 0.15) is 10.4 Å². The molecule has 0 saturated carbocycles. The molecule has 0 aromatic heterocycles. The molecule has 0 fully saturated rings. The predicted octanol–water partition coefficient (Wildman–Crippen LogP) is 6.26. The molecule has 0 heterocycles. The number of nitrogens with one attached hydrogen (secondary N) is 1. The van der Waals surface area contributed by atoms with Crippen molar-refractivity contribution in [2.24, 2.45) is 0 Å². The van der Waals surface area contributed by atoms with E-state index in [-0.39, 0.29) is 5.91 Å². The van der Waals surface area contributed by atoms with Gasteiger partial charge in [-0.3, -0.25) is 4.79 Å². The molecule has 0 saturated heterocycles. The standard InChI is InChI=1S/C25H21NO2S/c27-25(26-22-13-10-19-6-4-5-7-21(19)18-22)20-11-14-23(15-12-20)28-16-17-29-24-8-2-1-3-9-24/h1-15,18H,16-17H2,(H,26,27). The predicted molar refractivity (Wildman–Crippen MR) is 121 cm³/mol. The molecule has 4 aromatic carbocycles. The summed E-state index contributed by atoms with van der Waals surface area (Å²) in [4.78, 5) is 13.8. The van der Waals surface area contributed by atoms with Crippen molar-refractivity contribution in [2.75, 3.05) is 17.7 Å². The number of carbonyl (C=O) groups excluding carboxylic acids is 1. The quantitative estimate of drug-likeness (QED) is 0.294. The summed E-state index contributed by atoms with van der Waals surface area (Å²) in [6.07, 6.45) is 0. The zero-order chi connectivity index (χ0) is 19.9. The first-order valence-electron chi connectivity index (χ1n) is 9.49. The van der Waals surface area contributed by atoms with Crippen LogP contribution >= 0.6 is 11.8 Å². The van der Waals surface area contributed by atoms with E-state index in [1.807, 2.05) is 66.7 Å². The maximum absolute atomic E-state index is 12.5. The zero-order valence-corrected chi connectivity index (χ0v) is 16.7. The number of fused-ring (bicyclic) bond motifs is 1. The number of thioether (sulfide) groups is 1. The van der Waals surface area contributed by atoms with E-state index < -0.39 is 0 Å². The van der Waals surface area contributed by atoms with Crippen LogP contribution in [0.25, 0.3) is 10.8 Å².